The van der Waals surface area contributed by atoms with Crippen molar-refractivity contribution in [3.63, 3.8) is 0 Å². The van der Waals surface area contributed by atoms with E-state index in [4.69, 9.17) is 16.2 Å². The Morgan fingerprint density at radius 2 is 2.07 bits per heavy atom. The van der Waals surface area contributed by atoms with E-state index in [2.05, 4.69) is 4.74 Å². The van der Waals surface area contributed by atoms with Gasteiger partial charge in [0.1, 0.15) is 0 Å². The third-order valence-electron chi connectivity index (χ3n) is 1.25. The Bertz CT molecular complexity index is 199. The molecule has 0 saturated carbocycles. The molecule has 0 saturated heterocycles. The van der Waals surface area contributed by atoms with Crippen molar-refractivity contribution in [2.75, 3.05) is 6.61 Å². The van der Waals surface area contributed by atoms with Gasteiger partial charge in [-0.15, -0.1) is 17.6 Å². The monoisotopic (exact) mass is 228 g/mol. The molecule has 0 spiro atoms. The zero-order valence-electron chi connectivity index (χ0n) is 7.54. The smallest absolute Gasteiger partial charge is 0.327 e. The Hall–Kier alpha value is -0.890. The quantitative estimate of drug-likeness (QED) is 0.326. The molecule has 0 bridgehead atoms. The number of hydrazine groups is 1. The number of carboxylic acid groups (broad SMARTS) is 1. The van der Waals surface area contributed by atoms with Crippen molar-refractivity contribution in [2.45, 2.75) is 19.4 Å². The summed E-state index contributed by atoms with van der Waals surface area (Å²) in [5, 5.41) is 17.1. The minimum absolute atomic E-state index is 0. The summed E-state index contributed by atoms with van der Waals surface area (Å²) in [6.07, 6.45) is -0.605. The number of rotatable bonds is 5. The van der Waals surface area contributed by atoms with Crippen molar-refractivity contribution in [3.8, 4) is 0 Å². The number of aliphatic carboxylic acids is 1. The third-order valence-corrected chi connectivity index (χ3v) is 1.25. The number of hydrogen-bond acceptors (Lipinski definition) is 6. The average Bonchev–Trinajstić information content (AvgIpc) is 1.99. The molecule has 84 valence electrons. The predicted octanol–water partition coefficient (Wildman–Crippen LogP) is -0.620. The highest BCUT2D eigenvalue weighted by Crippen LogP contribution is 2.00. The fraction of sp³-hybridized carbons (Fsp3) is 0.667. The normalized spacial score (nSPS) is 11.7. The molecule has 0 aliphatic heterocycles. The molecule has 0 aromatic carbocycles. The number of hydroxylamine groups is 1. The molecule has 0 fully saturated rings. The fourth-order valence-electron chi connectivity index (χ4n) is 0.689. The molecule has 0 aromatic heterocycles. The molecular formula is C6H13ClN2O5. The van der Waals surface area contributed by atoms with Crippen molar-refractivity contribution in [1.82, 2.24) is 5.17 Å². The van der Waals surface area contributed by atoms with Crippen LogP contribution in [0.4, 0.5) is 0 Å². The van der Waals surface area contributed by atoms with Gasteiger partial charge in [-0.2, -0.15) is 0 Å². The second kappa shape index (κ2) is 7.51. The fourth-order valence-corrected chi connectivity index (χ4v) is 0.689. The number of carbonyl (C=O) groups excluding carboxylic acids is 1. The molecule has 1 atom stereocenters. The molecule has 0 aliphatic carbocycles. The van der Waals surface area contributed by atoms with Gasteiger partial charge in [-0.05, 0) is 6.92 Å². The summed E-state index contributed by atoms with van der Waals surface area (Å²) in [6.45, 7) is 1.66. The molecule has 0 rings (SSSR count). The highest BCUT2D eigenvalue weighted by Gasteiger charge is 2.27. The lowest BCUT2D eigenvalue weighted by molar-refractivity contribution is -0.180. The largest absolute Gasteiger partial charge is 0.481 e. The Morgan fingerprint density at radius 3 is 2.36 bits per heavy atom. The zero-order valence-corrected chi connectivity index (χ0v) is 8.36. The van der Waals surface area contributed by atoms with Gasteiger partial charge in [-0.25, -0.2) is 5.84 Å². The van der Waals surface area contributed by atoms with Crippen LogP contribution in [0.2, 0.25) is 0 Å². The van der Waals surface area contributed by atoms with Crippen LogP contribution in [-0.2, 0) is 14.3 Å². The lowest BCUT2D eigenvalue weighted by atomic mass is 10.2. The van der Waals surface area contributed by atoms with E-state index in [-0.39, 0.29) is 24.2 Å². The molecule has 0 radical (unpaired) electrons. The molecule has 4 N–H and O–H groups in total. The molecule has 1 unspecified atom stereocenters. The molecule has 0 heterocycles. The third kappa shape index (κ3) is 5.70. The highest BCUT2D eigenvalue weighted by molar-refractivity contribution is 5.85. The van der Waals surface area contributed by atoms with Crippen molar-refractivity contribution < 1.29 is 24.6 Å². The van der Waals surface area contributed by atoms with Crippen molar-refractivity contribution in [3.05, 3.63) is 0 Å². The van der Waals surface area contributed by atoms with Crippen LogP contribution < -0.4 is 5.84 Å². The summed E-state index contributed by atoms with van der Waals surface area (Å²) in [5.41, 5.74) is 0. The van der Waals surface area contributed by atoms with E-state index >= 15 is 0 Å². The van der Waals surface area contributed by atoms with E-state index < -0.39 is 24.4 Å². The van der Waals surface area contributed by atoms with Gasteiger partial charge in [0, 0.05) is 0 Å². The van der Waals surface area contributed by atoms with Crippen LogP contribution >= 0.6 is 12.4 Å². The Balaban J connectivity index is 0. The van der Waals surface area contributed by atoms with Crippen molar-refractivity contribution >= 4 is 24.3 Å². The first-order valence-corrected chi connectivity index (χ1v) is 3.60. The van der Waals surface area contributed by atoms with E-state index in [9.17, 15) is 9.59 Å². The van der Waals surface area contributed by atoms with Gasteiger partial charge in [0.05, 0.1) is 13.0 Å². The van der Waals surface area contributed by atoms with Crippen LogP contribution in [0.3, 0.4) is 0 Å². The van der Waals surface area contributed by atoms with E-state index in [0.29, 0.717) is 0 Å². The highest BCUT2D eigenvalue weighted by atomic mass is 35.5. The minimum atomic E-state index is -1.36. The molecule has 0 amide bonds. The van der Waals surface area contributed by atoms with Crippen LogP contribution in [0, 0.1) is 0 Å². The van der Waals surface area contributed by atoms with Crippen LogP contribution in [0.25, 0.3) is 0 Å². The maximum atomic E-state index is 11.0. The number of carbonyl (C=O) groups is 2. The number of carboxylic acids is 1. The number of halogens is 1. The number of hydrogen-bond donors (Lipinski definition) is 3. The summed E-state index contributed by atoms with van der Waals surface area (Å²) >= 11 is 0. The van der Waals surface area contributed by atoms with Gasteiger partial charge in [0.2, 0.25) is 0 Å². The SMILES string of the molecule is CCOC(=O)C(CC(=O)O)N(N)O.Cl. The van der Waals surface area contributed by atoms with Gasteiger partial charge in [0.25, 0.3) is 0 Å². The summed E-state index contributed by atoms with van der Waals surface area (Å²) < 4.78 is 4.48. The van der Waals surface area contributed by atoms with E-state index in [0.717, 1.165) is 0 Å². The number of nitrogens with zero attached hydrogens (tertiary/aromatic N) is 1. The molecule has 0 aromatic rings. The van der Waals surface area contributed by atoms with Gasteiger partial charge >= 0.3 is 11.9 Å². The van der Waals surface area contributed by atoms with Gasteiger partial charge in [-0.3, -0.25) is 14.8 Å². The predicted molar refractivity (Wildman–Crippen MR) is 47.7 cm³/mol. The molecule has 8 heteroatoms. The standard InChI is InChI=1S/C6H12N2O5.ClH/c1-2-13-6(11)4(8(7)12)3-5(9)10;/h4,12H,2-3,7H2,1H3,(H,9,10);1H. The number of ether oxygens (including phenoxy) is 1. The molecule has 0 aliphatic rings. The second-order valence-electron chi connectivity index (χ2n) is 2.25. The minimum Gasteiger partial charge on any atom is -0.481 e. The van der Waals surface area contributed by atoms with E-state index in [1.54, 1.807) is 6.92 Å². The average molecular weight is 229 g/mol. The van der Waals surface area contributed by atoms with E-state index in [1.165, 1.54) is 0 Å². The van der Waals surface area contributed by atoms with Crippen molar-refractivity contribution in [1.29, 1.82) is 0 Å². The number of esters is 1. The van der Waals surface area contributed by atoms with Crippen LogP contribution in [0.5, 0.6) is 0 Å². The van der Waals surface area contributed by atoms with Crippen LogP contribution in [0.15, 0.2) is 0 Å². The Labute approximate surface area is 86.8 Å². The van der Waals surface area contributed by atoms with E-state index in [1.807, 2.05) is 0 Å². The molecule has 14 heavy (non-hydrogen) atoms. The first-order valence-electron chi connectivity index (χ1n) is 3.60. The zero-order chi connectivity index (χ0) is 10.4. The van der Waals surface area contributed by atoms with Gasteiger partial charge < -0.3 is 9.84 Å². The Morgan fingerprint density at radius 1 is 1.57 bits per heavy atom. The summed E-state index contributed by atoms with van der Waals surface area (Å²) in [6, 6.07) is -1.36. The topological polar surface area (TPSA) is 113 Å². The maximum absolute atomic E-state index is 11.0. The molecule has 7 nitrogen and oxygen atoms in total. The number of nitrogens with two attached hydrogens (primary N) is 1. The summed E-state index contributed by atoms with van der Waals surface area (Å²) in [4.78, 5) is 21.2. The summed E-state index contributed by atoms with van der Waals surface area (Å²) in [7, 11) is 0. The molecular weight excluding hydrogens is 216 g/mol. The second-order valence-corrected chi connectivity index (χ2v) is 2.25. The first kappa shape index (κ1) is 15.6. The van der Waals surface area contributed by atoms with Crippen molar-refractivity contribution in [2.24, 2.45) is 5.84 Å². The van der Waals surface area contributed by atoms with Gasteiger partial charge in [0.15, 0.2) is 6.04 Å². The summed E-state index contributed by atoms with van der Waals surface area (Å²) in [5.74, 6) is 2.73. The van der Waals surface area contributed by atoms with Gasteiger partial charge in [-0.1, -0.05) is 0 Å². The lowest BCUT2D eigenvalue weighted by Crippen LogP contribution is -2.45. The van der Waals surface area contributed by atoms with Crippen LogP contribution in [-0.4, -0.2) is 40.1 Å². The Kier molecular flexibility index (Phi) is 8.35. The maximum Gasteiger partial charge on any atom is 0.327 e. The van der Waals surface area contributed by atoms with Crippen LogP contribution in [0.1, 0.15) is 13.3 Å². The lowest BCUT2D eigenvalue weighted by Gasteiger charge is -2.17. The first-order chi connectivity index (χ1) is 5.99.